The Balaban J connectivity index is 1.38. The summed E-state index contributed by atoms with van der Waals surface area (Å²) >= 11 is 5.86. The van der Waals surface area contributed by atoms with Gasteiger partial charge in [0.25, 0.3) is 0 Å². The van der Waals surface area contributed by atoms with E-state index in [-0.39, 0.29) is 11.7 Å². The monoisotopic (exact) mass is 333 g/mol. The lowest BCUT2D eigenvalue weighted by Crippen LogP contribution is -2.54. The smallest absolute Gasteiger partial charge is 0.233 e. The summed E-state index contributed by atoms with van der Waals surface area (Å²) in [4.78, 5) is 14.7. The highest BCUT2D eigenvalue weighted by molar-refractivity contribution is 6.30. The van der Waals surface area contributed by atoms with Crippen molar-refractivity contribution in [1.82, 2.24) is 14.7 Å². The van der Waals surface area contributed by atoms with E-state index in [1.807, 2.05) is 9.58 Å². The third-order valence-electron chi connectivity index (χ3n) is 4.85. The van der Waals surface area contributed by atoms with E-state index in [0.29, 0.717) is 10.9 Å². The highest BCUT2D eigenvalue weighted by Crippen LogP contribution is 2.50. The number of hydrogen-bond donors (Lipinski definition) is 0. The minimum absolute atomic E-state index is 0.179. The number of aromatic nitrogens is 2. The van der Waals surface area contributed by atoms with Crippen LogP contribution in [0.5, 0.6) is 0 Å². The molecule has 0 spiro atoms. The fourth-order valence-corrected chi connectivity index (χ4v) is 3.53. The molecule has 0 radical (unpaired) electrons. The molecule has 0 bridgehead atoms. The van der Waals surface area contributed by atoms with Crippen molar-refractivity contribution in [2.45, 2.75) is 24.8 Å². The Hall–Kier alpha value is -1.88. The Kier molecular flexibility index (Phi) is 3.41. The lowest BCUT2D eigenvalue weighted by Gasteiger charge is -2.41. The van der Waals surface area contributed by atoms with Gasteiger partial charge in [-0.1, -0.05) is 23.7 Å². The van der Waals surface area contributed by atoms with Gasteiger partial charge in [-0.15, -0.1) is 0 Å². The third-order valence-corrected chi connectivity index (χ3v) is 5.04. The molecule has 2 aliphatic rings. The fourth-order valence-electron chi connectivity index (χ4n) is 3.38. The van der Waals surface area contributed by atoms with Crippen molar-refractivity contribution >= 4 is 17.5 Å². The van der Waals surface area contributed by atoms with Gasteiger partial charge in [-0.3, -0.25) is 9.48 Å². The average Bonchev–Trinajstić information content (AvgIpc) is 3.20. The van der Waals surface area contributed by atoms with E-state index in [1.54, 1.807) is 24.5 Å². The number of nitrogens with zero attached hydrogens (tertiary/aromatic N) is 3. The summed E-state index contributed by atoms with van der Waals surface area (Å²) in [6.07, 6.45) is 5.13. The summed E-state index contributed by atoms with van der Waals surface area (Å²) in [5, 5.41) is 4.80. The predicted octanol–water partition coefficient (Wildman–Crippen LogP) is 2.87. The van der Waals surface area contributed by atoms with Crippen LogP contribution in [0.1, 0.15) is 18.4 Å². The first-order chi connectivity index (χ1) is 11.1. The van der Waals surface area contributed by atoms with Gasteiger partial charge in [0.15, 0.2) is 0 Å². The van der Waals surface area contributed by atoms with Crippen LogP contribution in [-0.2, 0) is 16.8 Å². The molecule has 2 aromatic rings. The number of amides is 1. The molecule has 6 heteroatoms. The van der Waals surface area contributed by atoms with E-state index in [1.165, 1.54) is 12.1 Å². The van der Waals surface area contributed by atoms with E-state index in [4.69, 9.17) is 11.6 Å². The molecule has 1 amide bonds. The first-order valence-corrected chi connectivity index (χ1v) is 8.18. The third kappa shape index (κ3) is 2.63. The van der Waals surface area contributed by atoms with Crippen LogP contribution in [0.15, 0.2) is 36.7 Å². The van der Waals surface area contributed by atoms with Crippen LogP contribution in [0.2, 0.25) is 5.02 Å². The Morgan fingerprint density at radius 2 is 2.00 bits per heavy atom. The molecule has 120 valence electrons. The Bertz CT molecular complexity index is 733. The average molecular weight is 334 g/mol. The summed E-state index contributed by atoms with van der Waals surface area (Å²) in [6.45, 7) is 2.28. The van der Waals surface area contributed by atoms with E-state index < -0.39 is 5.41 Å². The molecular weight excluding hydrogens is 317 g/mol. The Morgan fingerprint density at radius 1 is 1.30 bits per heavy atom. The minimum Gasteiger partial charge on any atom is -0.341 e. The summed E-state index contributed by atoms with van der Waals surface area (Å²) in [5.41, 5.74) is 0.527. The number of hydrogen-bond acceptors (Lipinski definition) is 2. The second-order valence-corrected chi connectivity index (χ2v) is 6.98. The minimum atomic E-state index is -0.409. The van der Waals surface area contributed by atoms with E-state index in [9.17, 15) is 9.18 Å². The molecular formula is C17H17ClFN3O. The quantitative estimate of drug-likeness (QED) is 0.863. The summed E-state index contributed by atoms with van der Waals surface area (Å²) < 4.78 is 14.9. The molecule has 4 nitrogen and oxygen atoms in total. The molecule has 0 atom stereocenters. The maximum Gasteiger partial charge on any atom is 0.233 e. The van der Waals surface area contributed by atoms with Gasteiger partial charge in [-0.25, -0.2) is 4.39 Å². The number of rotatable bonds is 4. The zero-order chi connectivity index (χ0) is 16.0. The van der Waals surface area contributed by atoms with Crippen LogP contribution >= 0.6 is 11.6 Å². The molecule has 0 unspecified atom stereocenters. The van der Waals surface area contributed by atoms with E-state index >= 15 is 0 Å². The molecule has 1 aliphatic carbocycles. The van der Waals surface area contributed by atoms with E-state index in [0.717, 1.165) is 38.0 Å². The van der Waals surface area contributed by atoms with Crippen molar-refractivity contribution in [3.8, 4) is 0 Å². The molecule has 23 heavy (non-hydrogen) atoms. The molecule has 1 saturated heterocycles. The van der Waals surface area contributed by atoms with Crippen molar-refractivity contribution < 1.29 is 9.18 Å². The van der Waals surface area contributed by atoms with Gasteiger partial charge in [0.1, 0.15) is 5.82 Å². The van der Waals surface area contributed by atoms with Crippen LogP contribution in [0.4, 0.5) is 4.39 Å². The first-order valence-electron chi connectivity index (χ1n) is 7.80. The maximum absolute atomic E-state index is 13.1. The van der Waals surface area contributed by atoms with Gasteiger partial charge in [0.2, 0.25) is 5.91 Å². The molecule has 2 heterocycles. The normalized spacial score (nSPS) is 19.5. The molecule has 0 N–H and O–H groups in total. The van der Waals surface area contributed by atoms with Gasteiger partial charge < -0.3 is 4.90 Å². The fraction of sp³-hybridized carbons (Fsp3) is 0.412. The molecule has 4 rings (SSSR count). The maximum atomic E-state index is 13.1. The van der Waals surface area contributed by atoms with Crippen molar-refractivity contribution in [2.75, 3.05) is 13.1 Å². The van der Waals surface area contributed by atoms with Gasteiger partial charge in [0.05, 0.1) is 16.6 Å². The number of carbonyl (C=O) groups excluding carboxylic acids is 1. The van der Waals surface area contributed by atoms with Crippen LogP contribution in [0.3, 0.4) is 0 Å². The highest BCUT2D eigenvalue weighted by Gasteiger charge is 2.54. The zero-order valence-electron chi connectivity index (χ0n) is 12.6. The standard InChI is InChI=1S/C17H17ClFN3O/c18-14-7-20-22(11-14)10-12-8-21(9-12)16(23)17(5-6-17)13-1-3-15(19)4-2-13/h1-4,7,11-12H,5-6,8-10H2. The number of halogens is 2. The Morgan fingerprint density at radius 3 is 2.57 bits per heavy atom. The summed E-state index contributed by atoms with van der Waals surface area (Å²) in [7, 11) is 0. The largest absolute Gasteiger partial charge is 0.341 e. The van der Waals surface area contributed by atoms with Gasteiger partial charge in [-0.2, -0.15) is 5.10 Å². The first kappa shape index (κ1) is 14.7. The van der Waals surface area contributed by atoms with Gasteiger partial charge >= 0.3 is 0 Å². The lowest BCUT2D eigenvalue weighted by atomic mass is 9.90. The topological polar surface area (TPSA) is 38.1 Å². The van der Waals surface area contributed by atoms with Crippen molar-refractivity contribution in [1.29, 1.82) is 0 Å². The second-order valence-electron chi connectivity index (χ2n) is 6.55. The van der Waals surface area contributed by atoms with Crippen LogP contribution in [0, 0.1) is 11.7 Å². The van der Waals surface area contributed by atoms with Crippen molar-refractivity contribution in [2.24, 2.45) is 5.92 Å². The molecule has 1 aliphatic heterocycles. The second kappa shape index (κ2) is 5.34. The van der Waals surface area contributed by atoms with Crippen LogP contribution in [0.25, 0.3) is 0 Å². The van der Waals surface area contributed by atoms with Crippen molar-refractivity contribution in [3.63, 3.8) is 0 Å². The van der Waals surface area contributed by atoms with Gasteiger partial charge in [0, 0.05) is 31.7 Å². The van der Waals surface area contributed by atoms with E-state index in [2.05, 4.69) is 5.10 Å². The predicted molar refractivity (Wildman–Crippen MR) is 84.6 cm³/mol. The Labute approximate surface area is 138 Å². The number of likely N-dealkylation sites (tertiary alicyclic amines) is 1. The molecule has 1 aromatic heterocycles. The summed E-state index contributed by atoms with van der Waals surface area (Å²) in [5.74, 6) is 0.330. The van der Waals surface area contributed by atoms with Crippen molar-refractivity contribution in [3.05, 3.63) is 53.1 Å². The lowest BCUT2D eigenvalue weighted by molar-refractivity contribution is -0.140. The van der Waals surface area contributed by atoms with Crippen LogP contribution in [-0.4, -0.2) is 33.7 Å². The van der Waals surface area contributed by atoms with Crippen LogP contribution < -0.4 is 0 Å². The number of benzene rings is 1. The highest BCUT2D eigenvalue weighted by atomic mass is 35.5. The number of carbonyl (C=O) groups is 1. The summed E-state index contributed by atoms with van der Waals surface area (Å²) in [6, 6.07) is 6.35. The van der Waals surface area contributed by atoms with Gasteiger partial charge in [-0.05, 0) is 30.5 Å². The zero-order valence-corrected chi connectivity index (χ0v) is 13.3. The molecule has 1 saturated carbocycles. The molecule has 1 aromatic carbocycles. The molecule has 2 fully saturated rings. The SMILES string of the molecule is O=C(N1CC(Cn2cc(Cl)cn2)C1)C1(c2ccc(F)cc2)CC1.